The summed E-state index contributed by atoms with van der Waals surface area (Å²) in [5.41, 5.74) is 3.42. The number of piperidine rings is 1. The molecule has 0 radical (unpaired) electrons. The highest BCUT2D eigenvalue weighted by molar-refractivity contribution is 6.01. The van der Waals surface area contributed by atoms with Crippen LogP contribution in [-0.2, 0) is 11.0 Å². The van der Waals surface area contributed by atoms with Gasteiger partial charge in [-0.1, -0.05) is 6.07 Å². The van der Waals surface area contributed by atoms with E-state index in [1.165, 1.54) is 6.07 Å². The standard InChI is InChI=1S/C16H21F3N4O2/c17-16(18,19)12-3-1-2-11(14(12)20)15(25)23-9-13(24)22-8-10-4-6-21-7-5-10/h1-3,10,21H,4-9,20H2,(H,22,24)(H,23,25). The van der Waals surface area contributed by atoms with Gasteiger partial charge in [0.15, 0.2) is 0 Å². The van der Waals surface area contributed by atoms with Gasteiger partial charge in [0, 0.05) is 6.54 Å². The number of rotatable bonds is 5. The van der Waals surface area contributed by atoms with Gasteiger partial charge in [0.05, 0.1) is 23.4 Å². The van der Waals surface area contributed by atoms with Crippen LogP contribution < -0.4 is 21.7 Å². The normalized spacial score (nSPS) is 15.6. The van der Waals surface area contributed by atoms with E-state index < -0.39 is 29.2 Å². The van der Waals surface area contributed by atoms with Gasteiger partial charge in [-0.25, -0.2) is 0 Å². The molecule has 0 atom stereocenters. The highest BCUT2D eigenvalue weighted by atomic mass is 19.4. The second-order valence-corrected chi connectivity index (χ2v) is 5.94. The van der Waals surface area contributed by atoms with Gasteiger partial charge in [-0.15, -0.1) is 0 Å². The first kappa shape index (κ1) is 19.0. The third-order valence-corrected chi connectivity index (χ3v) is 4.11. The zero-order valence-electron chi connectivity index (χ0n) is 13.6. The van der Waals surface area contributed by atoms with Crippen molar-refractivity contribution in [3.8, 4) is 0 Å². The Morgan fingerprint density at radius 1 is 1.20 bits per heavy atom. The number of benzene rings is 1. The molecule has 1 aromatic carbocycles. The van der Waals surface area contributed by atoms with Crippen LogP contribution in [0.4, 0.5) is 18.9 Å². The van der Waals surface area contributed by atoms with Gasteiger partial charge in [-0.3, -0.25) is 9.59 Å². The number of hydrogen-bond acceptors (Lipinski definition) is 4. The number of hydrogen-bond donors (Lipinski definition) is 4. The van der Waals surface area contributed by atoms with Crippen LogP contribution in [0.3, 0.4) is 0 Å². The molecule has 0 unspecified atom stereocenters. The predicted molar refractivity (Wildman–Crippen MR) is 86.8 cm³/mol. The van der Waals surface area contributed by atoms with Gasteiger partial charge in [0.1, 0.15) is 0 Å². The molecule has 1 aliphatic heterocycles. The lowest BCUT2D eigenvalue weighted by Crippen LogP contribution is -2.41. The molecule has 9 heteroatoms. The lowest BCUT2D eigenvalue weighted by molar-refractivity contribution is -0.137. The molecule has 0 bridgehead atoms. The van der Waals surface area contributed by atoms with E-state index in [1.807, 2.05) is 0 Å². The number of para-hydroxylation sites is 1. The van der Waals surface area contributed by atoms with Crippen LogP contribution in [0.1, 0.15) is 28.8 Å². The molecule has 25 heavy (non-hydrogen) atoms. The summed E-state index contributed by atoms with van der Waals surface area (Å²) < 4.78 is 38.4. The molecule has 0 spiro atoms. The molecule has 2 rings (SSSR count). The van der Waals surface area contributed by atoms with E-state index in [0.29, 0.717) is 12.5 Å². The fourth-order valence-electron chi connectivity index (χ4n) is 2.67. The summed E-state index contributed by atoms with van der Waals surface area (Å²) in [6.07, 6.45) is -2.71. The minimum atomic E-state index is -4.65. The summed E-state index contributed by atoms with van der Waals surface area (Å²) in [5.74, 6) is -0.821. The number of anilines is 1. The minimum Gasteiger partial charge on any atom is -0.398 e. The lowest BCUT2D eigenvalue weighted by atomic mass is 9.98. The molecule has 0 saturated carbocycles. The maximum absolute atomic E-state index is 12.8. The molecule has 1 heterocycles. The van der Waals surface area contributed by atoms with E-state index in [1.54, 1.807) is 0 Å². The second-order valence-electron chi connectivity index (χ2n) is 5.94. The van der Waals surface area contributed by atoms with Crippen LogP contribution in [-0.4, -0.2) is 38.0 Å². The summed E-state index contributed by atoms with van der Waals surface area (Å²) in [7, 11) is 0. The first-order chi connectivity index (χ1) is 11.8. The summed E-state index contributed by atoms with van der Waals surface area (Å²) in [6.45, 7) is 2.01. The highest BCUT2D eigenvalue weighted by Gasteiger charge is 2.34. The Morgan fingerprint density at radius 2 is 1.88 bits per heavy atom. The molecule has 5 N–H and O–H groups in total. The number of nitrogens with one attached hydrogen (secondary N) is 3. The number of halogens is 3. The Kier molecular flexibility index (Phi) is 6.24. The van der Waals surface area contributed by atoms with Crippen LogP contribution in [0.5, 0.6) is 0 Å². The predicted octanol–water partition coefficient (Wildman–Crippen LogP) is 1.13. The first-order valence-electron chi connectivity index (χ1n) is 8.00. The minimum absolute atomic E-state index is 0.305. The monoisotopic (exact) mass is 358 g/mol. The Morgan fingerprint density at radius 3 is 2.52 bits per heavy atom. The van der Waals surface area contributed by atoms with Gasteiger partial charge >= 0.3 is 6.18 Å². The zero-order chi connectivity index (χ0) is 18.4. The van der Waals surface area contributed by atoms with E-state index in [4.69, 9.17) is 5.73 Å². The van der Waals surface area contributed by atoms with Crippen molar-refractivity contribution in [1.29, 1.82) is 0 Å². The Labute approximate surface area is 143 Å². The third-order valence-electron chi connectivity index (χ3n) is 4.11. The number of nitrogen functional groups attached to an aromatic ring is 1. The van der Waals surface area contributed by atoms with Gasteiger partial charge in [0.25, 0.3) is 5.91 Å². The van der Waals surface area contributed by atoms with Gasteiger partial charge in [-0.2, -0.15) is 13.2 Å². The molecule has 2 amide bonds. The van der Waals surface area contributed by atoms with E-state index >= 15 is 0 Å². The SMILES string of the molecule is Nc1c(C(=O)NCC(=O)NCC2CCNCC2)cccc1C(F)(F)F. The van der Waals surface area contributed by atoms with Crippen LogP contribution in [0.2, 0.25) is 0 Å². The van der Waals surface area contributed by atoms with E-state index in [9.17, 15) is 22.8 Å². The summed E-state index contributed by atoms with van der Waals surface area (Å²) in [5, 5.41) is 8.23. The molecule has 1 aromatic rings. The number of carbonyl (C=O) groups is 2. The summed E-state index contributed by atoms with van der Waals surface area (Å²) in [4.78, 5) is 23.8. The molecular formula is C16H21F3N4O2. The molecule has 0 aliphatic carbocycles. The Balaban J connectivity index is 1.86. The van der Waals surface area contributed by atoms with Gasteiger partial charge in [-0.05, 0) is 44.0 Å². The quantitative estimate of drug-likeness (QED) is 0.594. The molecule has 1 aliphatic rings. The molecule has 0 aromatic heterocycles. The fourth-order valence-corrected chi connectivity index (χ4v) is 2.67. The third kappa shape index (κ3) is 5.35. The highest BCUT2D eigenvalue weighted by Crippen LogP contribution is 2.34. The topological polar surface area (TPSA) is 96.2 Å². The number of alkyl halides is 3. The van der Waals surface area contributed by atoms with Crippen molar-refractivity contribution in [3.63, 3.8) is 0 Å². The molecule has 1 fully saturated rings. The van der Waals surface area contributed by atoms with E-state index in [2.05, 4.69) is 16.0 Å². The second kappa shape index (κ2) is 8.19. The molecular weight excluding hydrogens is 337 g/mol. The largest absolute Gasteiger partial charge is 0.418 e. The maximum Gasteiger partial charge on any atom is 0.418 e. The molecule has 1 saturated heterocycles. The van der Waals surface area contributed by atoms with Crippen molar-refractivity contribution in [3.05, 3.63) is 29.3 Å². The van der Waals surface area contributed by atoms with Gasteiger partial charge in [0.2, 0.25) is 5.91 Å². The van der Waals surface area contributed by atoms with Crippen molar-refractivity contribution in [1.82, 2.24) is 16.0 Å². The summed E-state index contributed by atoms with van der Waals surface area (Å²) >= 11 is 0. The van der Waals surface area contributed by atoms with Crippen molar-refractivity contribution >= 4 is 17.5 Å². The number of nitrogens with two attached hydrogens (primary N) is 1. The lowest BCUT2D eigenvalue weighted by Gasteiger charge is -2.22. The van der Waals surface area contributed by atoms with Crippen LogP contribution in [0.15, 0.2) is 18.2 Å². The first-order valence-corrected chi connectivity index (χ1v) is 8.00. The van der Waals surface area contributed by atoms with E-state index in [-0.39, 0.29) is 12.1 Å². The van der Waals surface area contributed by atoms with Crippen molar-refractivity contribution in [2.45, 2.75) is 19.0 Å². The number of carbonyl (C=O) groups excluding carboxylic acids is 2. The Hall–Kier alpha value is -2.29. The average Bonchev–Trinajstić information content (AvgIpc) is 2.58. The van der Waals surface area contributed by atoms with Crippen LogP contribution in [0, 0.1) is 5.92 Å². The summed E-state index contributed by atoms with van der Waals surface area (Å²) in [6, 6.07) is 3.09. The van der Waals surface area contributed by atoms with Crippen molar-refractivity contribution < 1.29 is 22.8 Å². The van der Waals surface area contributed by atoms with Crippen LogP contribution in [0.25, 0.3) is 0 Å². The maximum atomic E-state index is 12.8. The van der Waals surface area contributed by atoms with Crippen LogP contribution >= 0.6 is 0 Å². The van der Waals surface area contributed by atoms with E-state index in [0.717, 1.165) is 38.1 Å². The van der Waals surface area contributed by atoms with Gasteiger partial charge < -0.3 is 21.7 Å². The fraction of sp³-hybridized carbons (Fsp3) is 0.500. The zero-order valence-corrected chi connectivity index (χ0v) is 13.6. The number of amides is 2. The average molecular weight is 358 g/mol. The Bertz CT molecular complexity index is 628. The van der Waals surface area contributed by atoms with Crippen molar-refractivity contribution in [2.75, 3.05) is 31.9 Å². The smallest absolute Gasteiger partial charge is 0.398 e. The molecule has 138 valence electrons. The molecule has 6 nitrogen and oxygen atoms in total. The van der Waals surface area contributed by atoms with Crippen molar-refractivity contribution in [2.24, 2.45) is 5.92 Å².